The van der Waals surface area contributed by atoms with Gasteiger partial charge in [0.15, 0.2) is 5.13 Å². The van der Waals surface area contributed by atoms with Gasteiger partial charge in [-0.3, -0.25) is 4.79 Å². The topological polar surface area (TPSA) is 80.7 Å². The zero-order valence-electron chi connectivity index (χ0n) is 16.5. The van der Waals surface area contributed by atoms with Crippen molar-refractivity contribution in [2.24, 2.45) is 5.41 Å². The van der Waals surface area contributed by atoms with Crippen LogP contribution in [0.5, 0.6) is 0 Å². The number of aryl methyl sites for hydroxylation is 2. The van der Waals surface area contributed by atoms with Crippen LogP contribution in [0.1, 0.15) is 74.3 Å². The lowest BCUT2D eigenvalue weighted by Crippen LogP contribution is -2.32. The van der Waals surface area contributed by atoms with Crippen molar-refractivity contribution in [2.45, 2.75) is 75.8 Å². The van der Waals surface area contributed by atoms with E-state index in [1.165, 1.54) is 35.9 Å². The van der Waals surface area contributed by atoms with Crippen molar-refractivity contribution in [3.8, 4) is 0 Å². The van der Waals surface area contributed by atoms with E-state index in [2.05, 4.69) is 41.3 Å². The number of aromatic nitrogens is 4. The molecular weight excluding hydrogens is 390 g/mol. The number of hydrogen-bond donors (Lipinski definition) is 1. The van der Waals surface area contributed by atoms with Crippen LogP contribution in [0.2, 0.25) is 0 Å². The molecule has 2 aromatic rings. The summed E-state index contributed by atoms with van der Waals surface area (Å²) in [6, 6.07) is 0. The van der Waals surface area contributed by atoms with Gasteiger partial charge in [-0.1, -0.05) is 32.5 Å². The summed E-state index contributed by atoms with van der Waals surface area (Å²) in [5, 5.41) is 13.1. The van der Waals surface area contributed by atoms with E-state index >= 15 is 0 Å². The molecular formula is C20H25N5OS2. The van der Waals surface area contributed by atoms with Crippen LogP contribution >= 0.6 is 23.1 Å². The Kier molecular flexibility index (Phi) is 4.28. The van der Waals surface area contributed by atoms with Gasteiger partial charge < -0.3 is 5.32 Å². The minimum Gasteiger partial charge on any atom is -0.301 e. The molecule has 6 nitrogen and oxygen atoms in total. The van der Waals surface area contributed by atoms with Crippen LogP contribution in [0, 0.1) is 5.41 Å². The SMILES string of the molecule is CC12CCC(c3nnc(SCC(=O)Nc4nc5c(s4)CCCC5)nc31)C2(C)C. The summed E-state index contributed by atoms with van der Waals surface area (Å²) in [7, 11) is 0. The van der Waals surface area contributed by atoms with Crippen molar-refractivity contribution in [3.63, 3.8) is 0 Å². The summed E-state index contributed by atoms with van der Waals surface area (Å²) < 4.78 is 0. The molecule has 2 bridgehead atoms. The van der Waals surface area contributed by atoms with E-state index in [1.54, 1.807) is 11.3 Å². The Morgan fingerprint density at radius 3 is 2.86 bits per heavy atom. The highest BCUT2D eigenvalue weighted by Crippen LogP contribution is 2.66. The van der Waals surface area contributed by atoms with Crippen molar-refractivity contribution in [1.29, 1.82) is 0 Å². The Hall–Kier alpha value is -1.54. The minimum absolute atomic E-state index is 0.0560. The van der Waals surface area contributed by atoms with Gasteiger partial charge in [0.05, 0.1) is 22.8 Å². The first-order chi connectivity index (χ1) is 13.4. The molecule has 1 saturated carbocycles. The van der Waals surface area contributed by atoms with Gasteiger partial charge in [0.2, 0.25) is 11.1 Å². The lowest BCUT2D eigenvalue weighted by Gasteiger charge is -2.33. The first kappa shape index (κ1) is 18.5. The second kappa shape index (κ2) is 6.49. The quantitative estimate of drug-likeness (QED) is 0.757. The van der Waals surface area contributed by atoms with Crippen LogP contribution in [-0.4, -0.2) is 31.8 Å². The van der Waals surface area contributed by atoms with Gasteiger partial charge >= 0.3 is 0 Å². The van der Waals surface area contributed by atoms with Crippen LogP contribution in [0.3, 0.4) is 0 Å². The van der Waals surface area contributed by atoms with Crippen LogP contribution < -0.4 is 5.32 Å². The summed E-state index contributed by atoms with van der Waals surface area (Å²) >= 11 is 2.97. The summed E-state index contributed by atoms with van der Waals surface area (Å²) in [5.74, 6) is 0.660. The summed E-state index contributed by atoms with van der Waals surface area (Å²) in [6.07, 6.45) is 6.84. The monoisotopic (exact) mass is 415 g/mol. The number of carbonyl (C=O) groups excluding carboxylic acids is 1. The normalized spacial score (nSPS) is 26.8. The molecule has 0 aromatic carbocycles. The molecule has 0 saturated heterocycles. The van der Waals surface area contributed by atoms with Crippen LogP contribution in [0.25, 0.3) is 0 Å². The zero-order chi connectivity index (χ0) is 19.5. The van der Waals surface area contributed by atoms with Crippen molar-refractivity contribution in [3.05, 3.63) is 22.0 Å². The number of thioether (sulfide) groups is 1. The highest BCUT2D eigenvalue weighted by Gasteiger charge is 2.61. The molecule has 8 heteroatoms. The first-order valence-corrected chi connectivity index (χ1v) is 11.8. The van der Waals surface area contributed by atoms with Gasteiger partial charge in [0.25, 0.3) is 0 Å². The lowest BCUT2D eigenvalue weighted by molar-refractivity contribution is -0.113. The highest BCUT2D eigenvalue weighted by atomic mass is 32.2. The Balaban J connectivity index is 1.26. The molecule has 2 aromatic heterocycles. The van der Waals surface area contributed by atoms with Crippen molar-refractivity contribution in [1.82, 2.24) is 20.2 Å². The van der Waals surface area contributed by atoms with E-state index in [9.17, 15) is 4.79 Å². The predicted octanol–water partition coefficient (Wildman–Crippen LogP) is 4.11. The fraction of sp³-hybridized carbons (Fsp3) is 0.650. The van der Waals surface area contributed by atoms with E-state index in [0.717, 1.165) is 41.5 Å². The number of thiazole rings is 1. The standard InChI is InChI=1S/C20H25N5OS2/c1-19(2)11-8-9-20(19,3)16-15(11)24-25-18(23-16)27-10-14(26)22-17-21-12-6-4-5-7-13(12)28-17/h11H,4-10H2,1-3H3,(H,21,22,26). The maximum Gasteiger partial charge on any atom is 0.236 e. The second-order valence-electron chi connectivity index (χ2n) is 8.91. The van der Waals surface area contributed by atoms with E-state index in [-0.39, 0.29) is 22.5 Å². The van der Waals surface area contributed by atoms with Crippen LogP contribution in [-0.2, 0) is 23.1 Å². The minimum atomic E-state index is -0.0618. The molecule has 0 aliphatic heterocycles. The molecule has 2 atom stereocenters. The number of hydrogen-bond acceptors (Lipinski definition) is 7. The second-order valence-corrected chi connectivity index (χ2v) is 10.9. The van der Waals surface area contributed by atoms with Gasteiger partial charge in [0, 0.05) is 16.2 Å². The highest BCUT2D eigenvalue weighted by molar-refractivity contribution is 7.99. The predicted molar refractivity (Wildman–Crippen MR) is 111 cm³/mol. The third-order valence-corrected chi connectivity index (χ3v) is 9.11. The van der Waals surface area contributed by atoms with Gasteiger partial charge in [-0.25, -0.2) is 9.97 Å². The zero-order valence-corrected chi connectivity index (χ0v) is 18.2. The number of nitrogens with one attached hydrogen (secondary N) is 1. The average Bonchev–Trinajstić information content (AvgIpc) is 3.23. The maximum atomic E-state index is 12.4. The number of rotatable bonds is 4. The van der Waals surface area contributed by atoms with Gasteiger partial charge in [-0.15, -0.1) is 16.4 Å². The van der Waals surface area contributed by atoms with Crippen molar-refractivity contribution in [2.75, 3.05) is 11.1 Å². The van der Waals surface area contributed by atoms with Gasteiger partial charge in [0.1, 0.15) is 0 Å². The molecule has 3 aliphatic rings. The molecule has 1 amide bonds. The first-order valence-electron chi connectivity index (χ1n) is 10.0. The molecule has 3 aliphatic carbocycles. The fourth-order valence-electron chi connectivity index (χ4n) is 5.11. The number of nitrogens with zero attached hydrogens (tertiary/aromatic N) is 4. The molecule has 2 unspecified atom stereocenters. The molecule has 1 N–H and O–H groups in total. The van der Waals surface area contributed by atoms with Gasteiger partial charge in [-0.2, -0.15) is 5.10 Å². The van der Waals surface area contributed by atoms with Gasteiger partial charge in [-0.05, 0) is 43.9 Å². The molecule has 2 heterocycles. The Morgan fingerprint density at radius 2 is 2.04 bits per heavy atom. The molecule has 148 valence electrons. The van der Waals surface area contributed by atoms with E-state index in [1.807, 2.05) is 0 Å². The van der Waals surface area contributed by atoms with Crippen LogP contribution in [0.4, 0.5) is 5.13 Å². The lowest BCUT2D eigenvalue weighted by atomic mass is 9.70. The Bertz CT molecular complexity index is 933. The van der Waals surface area contributed by atoms with Crippen molar-refractivity contribution < 1.29 is 4.79 Å². The molecule has 0 spiro atoms. The average molecular weight is 416 g/mol. The maximum absolute atomic E-state index is 12.4. The Morgan fingerprint density at radius 1 is 1.21 bits per heavy atom. The molecule has 5 rings (SSSR count). The fourth-order valence-corrected chi connectivity index (χ4v) is 6.77. The smallest absolute Gasteiger partial charge is 0.236 e. The molecule has 1 fully saturated rings. The summed E-state index contributed by atoms with van der Waals surface area (Å²) in [4.78, 5) is 23.1. The van der Waals surface area contributed by atoms with E-state index in [0.29, 0.717) is 11.1 Å². The molecule has 0 radical (unpaired) electrons. The number of fused-ring (bicyclic) bond motifs is 6. The van der Waals surface area contributed by atoms with Crippen molar-refractivity contribution >= 4 is 34.1 Å². The summed E-state index contributed by atoms with van der Waals surface area (Å²) in [5.41, 5.74) is 3.55. The van der Waals surface area contributed by atoms with E-state index < -0.39 is 0 Å². The third-order valence-electron chi connectivity index (χ3n) is 7.20. The number of amides is 1. The number of carbonyl (C=O) groups is 1. The van der Waals surface area contributed by atoms with E-state index in [4.69, 9.17) is 4.98 Å². The largest absolute Gasteiger partial charge is 0.301 e. The van der Waals surface area contributed by atoms with Crippen LogP contribution in [0.15, 0.2) is 5.16 Å². The number of anilines is 1. The summed E-state index contributed by atoms with van der Waals surface area (Å²) in [6.45, 7) is 6.95. The Labute approximate surface area is 173 Å². The molecule has 28 heavy (non-hydrogen) atoms. The third kappa shape index (κ3) is 2.71.